The average molecular weight is 283 g/mol. The number of nitrogen functional groups attached to an aromatic ring is 1. The van der Waals surface area contributed by atoms with E-state index in [4.69, 9.17) is 15.2 Å². The van der Waals surface area contributed by atoms with Crippen molar-refractivity contribution in [3.8, 4) is 11.5 Å². The Morgan fingerprint density at radius 1 is 1.00 bits per heavy atom. The number of ether oxygens (including phenoxy) is 2. The predicted octanol–water partition coefficient (Wildman–Crippen LogP) is 3.18. The van der Waals surface area contributed by atoms with Gasteiger partial charge in [-0.25, -0.2) is 0 Å². The van der Waals surface area contributed by atoms with Crippen molar-refractivity contribution in [1.29, 1.82) is 0 Å². The van der Waals surface area contributed by atoms with Crippen LogP contribution in [0.1, 0.15) is 15.9 Å². The Morgan fingerprint density at radius 3 is 2.10 bits per heavy atom. The second-order valence-corrected chi connectivity index (χ2v) is 4.40. The van der Waals surface area contributed by atoms with Crippen LogP contribution >= 0.6 is 0 Å². The lowest BCUT2D eigenvalue weighted by Crippen LogP contribution is -2.02. The Bertz CT molecular complexity index is 638. The summed E-state index contributed by atoms with van der Waals surface area (Å²) >= 11 is 0. The molecule has 2 rings (SSSR count). The topological polar surface area (TPSA) is 61.5 Å². The number of nitrogens with two attached hydrogens (primary N) is 1. The summed E-state index contributed by atoms with van der Waals surface area (Å²) in [6.07, 6.45) is 3.22. The van der Waals surface area contributed by atoms with E-state index in [9.17, 15) is 4.79 Å². The van der Waals surface area contributed by atoms with Gasteiger partial charge in [0.05, 0.1) is 14.2 Å². The van der Waals surface area contributed by atoms with Crippen molar-refractivity contribution in [2.45, 2.75) is 0 Å². The molecule has 0 aromatic heterocycles. The fraction of sp³-hybridized carbons (Fsp3) is 0.118. The van der Waals surface area contributed by atoms with Gasteiger partial charge in [-0.15, -0.1) is 0 Å². The second kappa shape index (κ2) is 6.61. The van der Waals surface area contributed by atoms with Crippen LogP contribution in [0.25, 0.3) is 6.08 Å². The van der Waals surface area contributed by atoms with Crippen LogP contribution in [0.4, 0.5) is 5.69 Å². The van der Waals surface area contributed by atoms with E-state index in [1.54, 1.807) is 36.4 Å². The molecule has 0 heterocycles. The quantitative estimate of drug-likeness (QED) is 0.520. The molecule has 0 aliphatic carbocycles. The van der Waals surface area contributed by atoms with Crippen LogP contribution in [0.2, 0.25) is 0 Å². The molecule has 0 aliphatic rings. The molecular formula is C17H17NO3. The lowest BCUT2D eigenvalue weighted by molar-refractivity contribution is 0.104. The van der Waals surface area contributed by atoms with E-state index in [1.165, 1.54) is 20.3 Å². The van der Waals surface area contributed by atoms with Crippen LogP contribution in [0, 0.1) is 0 Å². The van der Waals surface area contributed by atoms with Crippen LogP contribution < -0.4 is 15.2 Å². The molecule has 4 heteroatoms. The van der Waals surface area contributed by atoms with Crippen molar-refractivity contribution in [3.63, 3.8) is 0 Å². The first-order valence-corrected chi connectivity index (χ1v) is 6.44. The third-order valence-electron chi connectivity index (χ3n) is 3.04. The van der Waals surface area contributed by atoms with E-state index in [-0.39, 0.29) is 5.78 Å². The van der Waals surface area contributed by atoms with Gasteiger partial charge in [-0.1, -0.05) is 24.3 Å². The number of methoxy groups -OCH3 is 2. The third-order valence-corrected chi connectivity index (χ3v) is 3.04. The van der Waals surface area contributed by atoms with Crippen molar-refractivity contribution in [2.75, 3.05) is 20.0 Å². The zero-order chi connectivity index (χ0) is 15.2. The van der Waals surface area contributed by atoms with Crippen LogP contribution in [0.15, 0.2) is 48.5 Å². The van der Waals surface area contributed by atoms with E-state index in [1.807, 2.05) is 12.1 Å². The Hall–Kier alpha value is -2.75. The zero-order valence-electron chi connectivity index (χ0n) is 12.0. The molecule has 0 radical (unpaired) electrons. The summed E-state index contributed by atoms with van der Waals surface area (Å²) in [5.74, 6) is 0.795. The van der Waals surface area contributed by atoms with Crippen LogP contribution in [0.5, 0.6) is 11.5 Å². The number of carbonyl (C=O) groups excluding carboxylic acids is 1. The van der Waals surface area contributed by atoms with Gasteiger partial charge in [0.1, 0.15) is 17.1 Å². The summed E-state index contributed by atoms with van der Waals surface area (Å²) in [7, 11) is 3.05. The number of hydrogen-bond acceptors (Lipinski definition) is 4. The van der Waals surface area contributed by atoms with Gasteiger partial charge in [-0.2, -0.15) is 0 Å². The summed E-state index contributed by atoms with van der Waals surface area (Å²) < 4.78 is 10.5. The number of hydrogen-bond donors (Lipinski definition) is 1. The minimum Gasteiger partial charge on any atom is -0.496 e. The summed E-state index contributed by atoms with van der Waals surface area (Å²) in [6, 6.07) is 12.5. The maximum Gasteiger partial charge on any atom is 0.193 e. The van der Waals surface area contributed by atoms with Crippen LogP contribution in [-0.4, -0.2) is 20.0 Å². The summed E-state index contributed by atoms with van der Waals surface area (Å²) in [5.41, 5.74) is 7.62. The fourth-order valence-electron chi connectivity index (χ4n) is 1.96. The molecule has 21 heavy (non-hydrogen) atoms. The van der Waals surface area contributed by atoms with Crippen molar-refractivity contribution >= 4 is 17.5 Å². The monoisotopic (exact) mass is 283 g/mol. The molecule has 0 atom stereocenters. The smallest absolute Gasteiger partial charge is 0.193 e. The first kappa shape index (κ1) is 14.7. The average Bonchev–Trinajstić information content (AvgIpc) is 2.53. The highest BCUT2D eigenvalue weighted by molar-refractivity contribution is 6.10. The molecule has 108 valence electrons. The van der Waals surface area contributed by atoms with Crippen molar-refractivity contribution in [2.24, 2.45) is 0 Å². The Kier molecular flexibility index (Phi) is 4.61. The van der Waals surface area contributed by atoms with Crippen molar-refractivity contribution in [3.05, 3.63) is 59.7 Å². The zero-order valence-corrected chi connectivity index (χ0v) is 12.0. The first-order chi connectivity index (χ1) is 10.2. The van der Waals surface area contributed by atoms with Crippen LogP contribution in [0.3, 0.4) is 0 Å². The van der Waals surface area contributed by atoms with E-state index in [0.29, 0.717) is 22.7 Å². The molecule has 2 aromatic carbocycles. The molecule has 2 aromatic rings. The van der Waals surface area contributed by atoms with Gasteiger partial charge in [0.15, 0.2) is 5.78 Å². The summed E-state index contributed by atoms with van der Waals surface area (Å²) in [5, 5.41) is 0. The van der Waals surface area contributed by atoms with Gasteiger partial charge in [0.2, 0.25) is 0 Å². The molecule has 0 bridgehead atoms. The molecule has 0 spiro atoms. The normalized spacial score (nSPS) is 10.6. The Morgan fingerprint density at radius 2 is 1.57 bits per heavy atom. The van der Waals surface area contributed by atoms with Crippen molar-refractivity contribution < 1.29 is 14.3 Å². The highest BCUT2D eigenvalue weighted by Gasteiger charge is 2.15. The third kappa shape index (κ3) is 3.42. The highest BCUT2D eigenvalue weighted by atomic mass is 16.5. The molecule has 0 unspecified atom stereocenters. The number of anilines is 1. The lowest BCUT2D eigenvalue weighted by Gasteiger charge is -2.10. The number of rotatable bonds is 5. The number of benzene rings is 2. The maximum absolute atomic E-state index is 12.4. The summed E-state index contributed by atoms with van der Waals surface area (Å²) in [4.78, 5) is 12.4. The molecule has 0 fully saturated rings. The second-order valence-electron chi connectivity index (χ2n) is 4.40. The van der Waals surface area contributed by atoms with E-state index < -0.39 is 0 Å². The SMILES string of the molecule is COc1cccc(OC)c1C(=O)/C=C/c1ccc(N)cc1. The van der Waals surface area contributed by atoms with Crippen molar-refractivity contribution in [1.82, 2.24) is 0 Å². The van der Waals surface area contributed by atoms with Gasteiger partial charge in [-0.05, 0) is 35.9 Å². The first-order valence-electron chi connectivity index (χ1n) is 6.44. The summed E-state index contributed by atoms with van der Waals surface area (Å²) in [6.45, 7) is 0. The molecule has 0 aliphatic heterocycles. The molecule has 0 saturated heterocycles. The van der Waals surface area contributed by atoms with Gasteiger partial charge in [0.25, 0.3) is 0 Å². The van der Waals surface area contributed by atoms with E-state index in [0.717, 1.165) is 5.56 Å². The lowest BCUT2D eigenvalue weighted by atomic mass is 10.1. The largest absolute Gasteiger partial charge is 0.496 e. The Labute approximate surface area is 123 Å². The van der Waals surface area contributed by atoms with Gasteiger partial charge in [-0.3, -0.25) is 4.79 Å². The van der Waals surface area contributed by atoms with Gasteiger partial charge < -0.3 is 15.2 Å². The van der Waals surface area contributed by atoms with Crippen LogP contribution in [-0.2, 0) is 0 Å². The minimum atomic E-state index is -0.180. The molecule has 0 amide bonds. The standard InChI is InChI=1S/C17H17NO3/c1-20-15-4-3-5-16(21-2)17(15)14(19)11-8-12-6-9-13(18)10-7-12/h3-11H,18H2,1-2H3/b11-8+. The number of carbonyl (C=O) groups is 1. The molecule has 0 saturated carbocycles. The van der Waals surface area contributed by atoms with Gasteiger partial charge >= 0.3 is 0 Å². The van der Waals surface area contributed by atoms with Gasteiger partial charge in [0, 0.05) is 5.69 Å². The number of ketones is 1. The van der Waals surface area contributed by atoms with E-state index in [2.05, 4.69) is 0 Å². The number of allylic oxidation sites excluding steroid dienone is 1. The van der Waals surface area contributed by atoms with E-state index >= 15 is 0 Å². The molecular weight excluding hydrogens is 266 g/mol. The maximum atomic E-state index is 12.4. The molecule has 2 N–H and O–H groups in total. The Balaban J connectivity index is 2.30. The fourth-order valence-corrected chi connectivity index (χ4v) is 1.96. The minimum absolute atomic E-state index is 0.180. The molecule has 4 nitrogen and oxygen atoms in total. The highest BCUT2D eigenvalue weighted by Crippen LogP contribution is 2.29. The predicted molar refractivity (Wildman–Crippen MR) is 83.8 cm³/mol.